The molecule has 2 saturated heterocycles. The lowest BCUT2D eigenvalue weighted by molar-refractivity contribution is 0.0701. The van der Waals surface area contributed by atoms with E-state index in [4.69, 9.17) is 19.1 Å². The summed E-state index contributed by atoms with van der Waals surface area (Å²) in [5.41, 5.74) is 2.16. The molecule has 0 saturated carbocycles. The zero-order valence-corrected chi connectivity index (χ0v) is 17.5. The molecule has 0 unspecified atom stereocenters. The first-order chi connectivity index (χ1) is 14.7. The number of fused-ring (bicyclic) bond motifs is 1. The molecule has 3 aliphatic heterocycles. The van der Waals surface area contributed by atoms with Crippen LogP contribution in [0.15, 0.2) is 22.8 Å². The van der Waals surface area contributed by atoms with Crippen LogP contribution in [0.3, 0.4) is 0 Å². The molecule has 0 bridgehead atoms. The van der Waals surface area contributed by atoms with E-state index < -0.39 is 0 Å². The Morgan fingerprint density at radius 2 is 1.87 bits per heavy atom. The van der Waals surface area contributed by atoms with Gasteiger partial charge in [0.15, 0.2) is 5.76 Å². The minimum Gasteiger partial charge on any atom is -0.459 e. The summed E-state index contributed by atoms with van der Waals surface area (Å²) in [6, 6.07) is 3.48. The van der Waals surface area contributed by atoms with Crippen molar-refractivity contribution in [2.24, 2.45) is 5.92 Å². The van der Waals surface area contributed by atoms with Crippen molar-refractivity contribution in [1.82, 2.24) is 14.9 Å². The fourth-order valence-electron chi connectivity index (χ4n) is 4.50. The summed E-state index contributed by atoms with van der Waals surface area (Å²) in [6.45, 7) is 8.54. The van der Waals surface area contributed by atoms with E-state index >= 15 is 0 Å². The van der Waals surface area contributed by atoms with Gasteiger partial charge in [-0.1, -0.05) is 6.92 Å². The third kappa shape index (κ3) is 3.76. The van der Waals surface area contributed by atoms with Crippen LogP contribution in [0, 0.1) is 5.92 Å². The maximum absolute atomic E-state index is 12.9. The van der Waals surface area contributed by atoms with E-state index in [0.29, 0.717) is 32.1 Å². The largest absolute Gasteiger partial charge is 0.459 e. The fraction of sp³-hybridized carbons (Fsp3) is 0.591. The van der Waals surface area contributed by atoms with Gasteiger partial charge in [-0.25, -0.2) is 4.98 Å². The molecule has 2 aromatic heterocycles. The number of carbonyl (C=O) groups is 1. The molecule has 5 rings (SSSR count). The van der Waals surface area contributed by atoms with E-state index in [1.54, 1.807) is 18.4 Å². The minimum absolute atomic E-state index is 0.0684. The average molecular weight is 412 g/mol. The lowest BCUT2D eigenvalue weighted by atomic mass is 9.98. The number of ether oxygens (including phenoxy) is 1. The molecule has 8 nitrogen and oxygen atoms in total. The van der Waals surface area contributed by atoms with Crippen molar-refractivity contribution in [3.63, 3.8) is 0 Å². The Bertz CT molecular complexity index is 886. The Hall–Kier alpha value is -2.61. The molecule has 3 aliphatic rings. The first-order valence-corrected chi connectivity index (χ1v) is 11.0. The van der Waals surface area contributed by atoms with Gasteiger partial charge in [-0.05, 0) is 30.9 Å². The van der Waals surface area contributed by atoms with Gasteiger partial charge in [0.1, 0.15) is 5.82 Å². The first-order valence-electron chi connectivity index (χ1n) is 11.0. The Morgan fingerprint density at radius 3 is 2.60 bits per heavy atom. The molecule has 5 heterocycles. The second-order valence-corrected chi connectivity index (χ2v) is 8.50. The van der Waals surface area contributed by atoms with Crippen molar-refractivity contribution in [3.05, 3.63) is 35.4 Å². The van der Waals surface area contributed by atoms with Crippen molar-refractivity contribution in [2.45, 2.75) is 32.7 Å². The number of hydrogen-bond donors (Lipinski definition) is 0. The van der Waals surface area contributed by atoms with Crippen LogP contribution in [-0.2, 0) is 17.7 Å². The van der Waals surface area contributed by atoms with Gasteiger partial charge in [-0.2, -0.15) is 4.98 Å². The number of aromatic nitrogens is 2. The number of hydrogen-bond acceptors (Lipinski definition) is 7. The highest BCUT2D eigenvalue weighted by molar-refractivity contribution is 5.91. The number of carbonyl (C=O) groups excluding carboxylic acids is 1. The predicted octanol–water partition coefficient (Wildman–Crippen LogP) is 2.34. The number of furan rings is 1. The Kier molecular flexibility index (Phi) is 5.33. The van der Waals surface area contributed by atoms with Crippen LogP contribution < -0.4 is 9.80 Å². The van der Waals surface area contributed by atoms with Crippen molar-refractivity contribution in [1.29, 1.82) is 0 Å². The van der Waals surface area contributed by atoms with Crippen LogP contribution in [0.4, 0.5) is 11.8 Å². The standard InChI is InChI=1S/C22H29N5O3/c1-16-4-7-25(8-5-16)20-17-15-27(21(28)19-3-2-12-30-19)9-6-18(17)23-22(24-20)26-10-13-29-14-11-26/h2-3,12,16H,4-11,13-15H2,1H3. The van der Waals surface area contributed by atoms with Gasteiger partial charge in [-0.3, -0.25) is 4.79 Å². The van der Waals surface area contributed by atoms with Crippen LogP contribution in [0.5, 0.6) is 0 Å². The zero-order valence-electron chi connectivity index (χ0n) is 17.5. The maximum atomic E-state index is 12.9. The molecule has 160 valence electrons. The molecular weight excluding hydrogens is 382 g/mol. The van der Waals surface area contributed by atoms with Gasteiger partial charge in [0, 0.05) is 44.7 Å². The normalized spacial score (nSPS) is 20.4. The summed E-state index contributed by atoms with van der Waals surface area (Å²) in [5.74, 6) is 2.87. The van der Waals surface area contributed by atoms with E-state index in [1.807, 2.05) is 4.90 Å². The topological polar surface area (TPSA) is 74.9 Å². The van der Waals surface area contributed by atoms with Crippen LogP contribution >= 0.6 is 0 Å². The van der Waals surface area contributed by atoms with Gasteiger partial charge in [0.25, 0.3) is 5.91 Å². The number of rotatable bonds is 3. The monoisotopic (exact) mass is 411 g/mol. The lowest BCUT2D eigenvalue weighted by Crippen LogP contribution is -2.42. The third-order valence-electron chi connectivity index (χ3n) is 6.42. The van der Waals surface area contributed by atoms with E-state index in [1.165, 1.54) is 12.8 Å². The van der Waals surface area contributed by atoms with Crippen molar-refractivity contribution in [3.8, 4) is 0 Å². The highest BCUT2D eigenvalue weighted by Gasteiger charge is 2.31. The van der Waals surface area contributed by atoms with E-state index in [-0.39, 0.29) is 5.91 Å². The quantitative estimate of drug-likeness (QED) is 0.767. The van der Waals surface area contributed by atoms with Crippen molar-refractivity contribution in [2.75, 3.05) is 55.7 Å². The molecule has 0 atom stereocenters. The van der Waals surface area contributed by atoms with Gasteiger partial charge in [0.05, 0.1) is 31.7 Å². The third-order valence-corrected chi connectivity index (χ3v) is 6.42. The molecule has 2 fully saturated rings. The highest BCUT2D eigenvalue weighted by atomic mass is 16.5. The van der Waals surface area contributed by atoms with Crippen LogP contribution in [-0.4, -0.2) is 66.7 Å². The summed E-state index contributed by atoms with van der Waals surface area (Å²) in [7, 11) is 0. The van der Waals surface area contributed by atoms with E-state index in [9.17, 15) is 4.79 Å². The van der Waals surface area contributed by atoms with E-state index in [0.717, 1.165) is 61.5 Å². The fourth-order valence-corrected chi connectivity index (χ4v) is 4.50. The molecule has 0 N–H and O–H groups in total. The Balaban J connectivity index is 1.47. The number of amides is 1. The maximum Gasteiger partial charge on any atom is 0.289 e. The van der Waals surface area contributed by atoms with Crippen molar-refractivity contribution < 1.29 is 13.9 Å². The molecule has 0 radical (unpaired) electrons. The van der Waals surface area contributed by atoms with E-state index in [2.05, 4.69) is 16.7 Å². The number of anilines is 2. The number of morpholine rings is 1. The summed E-state index contributed by atoms with van der Waals surface area (Å²) in [5, 5.41) is 0. The molecule has 0 spiro atoms. The number of nitrogens with zero attached hydrogens (tertiary/aromatic N) is 5. The molecule has 1 amide bonds. The van der Waals surface area contributed by atoms with Gasteiger partial charge in [-0.15, -0.1) is 0 Å². The molecule has 0 aromatic carbocycles. The van der Waals surface area contributed by atoms with Gasteiger partial charge < -0.3 is 23.9 Å². The second-order valence-electron chi connectivity index (χ2n) is 8.50. The molecule has 8 heteroatoms. The van der Waals surface area contributed by atoms with Crippen LogP contribution in [0.2, 0.25) is 0 Å². The average Bonchev–Trinajstić information content (AvgIpc) is 3.34. The molecular formula is C22H29N5O3. The Labute approximate surface area is 176 Å². The molecule has 30 heavy (non-hydrogen) atoms. The molecule has 2 aromatic rings. The Morgan fingerprint density at radius 1 is 1.07 bits per heavy atom. The molecule has 0 aliphatic carbocycles. The summed E-state index contributed by atoms with van der Waals surface area (Å²) in [6.07, 6.45) is 4.61. The first kappa shape index (κ1) is 19.4. The van der Waals surface area contributed by atoms with Crippen LogP contribution in [0.1, 0.15) is 41.6 Å². The lowest BCUT2D eigenvalue weighted by Gasteiger charge is -2.37. The zero-order chi connectivity index (χ0) is 20.5. The smallest absolute Gasteiger partial charge is 0.289 e. The van der Waals surface area contributed by atoms with Crippen LogP contribution in [0.25, 0.3) is 0 Å². The summed E-state index contributed by atoms with van der Waals surface area (Å²) in [4.78, 5) is 29.3. The minimum atomic E-state index is -0.0684. The predicted molar refractivity (Wildman–Crippen MR) is 113 cm³/mol. The SMILES string of the molecule is CC1CCN(c2nc(N3CCOCC3)nc3c2CN(C(=O)c2ccco2)CC3)CC1. The second kappa shape index (κ2) is 8.26. The van der Waals surface area contributed by atoms with Gasteiger partial charge >= 0.3 is 0 Å². The summed E-state index contributed by atoms with van der Waals surface area (Å²) >= 11 is 0. The number of piperidine rings is 1. The van der Waals surface area contributed by atoms with Crippen molar-refractivity contribution >= 4 is 17.7 Å². The highest BCUT2D eigenvalue weighted by Crippen LogP contribution is 2.32. The summed E-state index contributed by atoms with van der Waals surface area (Å²) < 4.78 is 10.8. The van der Waals surface area contributed by atoms with Gasteiger partial charge in [0.2, 0.25) is 5.95 Å².